The summed E-state index contributed by atoms with van der Waals surface area (Å²) in [7, 11) is 1.40. The smallest absolute Gasteiger partial charge is 0.230 e. The van der Waals surface area contributed by atoms with E-state index in [1.807, 2.05) is 13.0 Å². The van der Waals surface area contributed by atoms with Crippen LogP contribution in [-0.2, 0) is 24.4 Å². The Morgan fingerprint density at radius 1 is 0.860 bits per heavy atom. The van der Waals surface area contributed by atoms with Gasteiger partial charge in [-0.15, -0.1) is 0 Å². The number of ether oxygens (including phenoxy) is 1. The fraction of sp³-hybridized carbons (Fsp3) is 0.425. The number of aliphatic hydroxyl groups excluding tert-OH is 4. The number of hydrogen-bond acceptors (Lipinski definition) is 10. The van der Waals surface area contributed by atoms with Gasteiger partial charge in [0.15, 0.2) is 11.2 Å². The van der Waals surface area contributed by atoms with Crippen LogP contribution in [0.2, 0.25) is 0 Å². The van der Waals surface area contributed by atoms with Crippen LogP contribution in [-0.4, -0.2) is 56.7 Å². The van der Waals surface area contributed by atoms with Crippen LogP contribution in [0, 0.1) is 5.92 Å². The van der Waals surface area contributed by atoms with Gasteiger partial charge in [-0.2, -0.15) is 0 Å². The third-order valence-electron chi connectivity index (χ3n) is 11.7. The van der Waals surface area contributed by atoms with Gasteiger partial charge in [-0.05, 0) is 115 Å². The molecule has 260 valence electrons. The molecule has 0 saturated heterocycles. The van der Waals surface area contributed by atoms with Gasteiger partial charge in [-0.1, -0.05) is 11.6 Å². The lowest BCUT2D eigenvalue weighted by molar-refractivity contribution is -0.117. The SMILES string of the molecule is COc1c2c3c4c(c(CC5CCC(O)C5)c(O)c5c(=O)cc(CO)c(c6c(CO)cc(NC7CCC(O)C7)c(c1=O)c63)c54)C=C(C)C2C(C)=O. The van der Waals surface area contributed by atoms with E-state index < -0.39 is 42.2 Å². The highest BCUT2D eigenvalue weighted by Gasteiger charge is 2.37. The molecule has 6 N–H and O–H groups in total. The number of ketones is 1. The monoisotopic (exact) mass is 679 g/mol. The molecule has 3 aliphatic rings. The number of aromatic hydroxyl groups is 1. The number of carbonyl (C=O) groups is 1. The molecule has 0 aliphatic heterocycles. The summed E-state index contributed by atoms with van der Waals surface area (Å²) in [5, 5.41) is 61.3. The largest absolute Gasteiger partial charge is 0.507 e. The molecular formula is C40H41NO9. The van der Waals surface area contributed by atoms with Crippen molar-refractivity contribution in [1.82, 2.24) is 0 Å². The van der Waals surface area contributed by atoms with Crippen molar-refractivity contribution in [2.24, 2.45) is 5.92 Å². The lowest BCUT2D eigenvalue weighted by atomic mass is 9.78. The van der Waals surface area contributed by atoms with Crippen molar-refractivity contribution in [1.29, 1.82) is 0 Å². The molecule has 5 aromatic rings. The van der Waals surface area contributed by atoms with Gasteiger partial charge in [0.2, 0.25) is 5.43 Å². The zero-order chi connectivity index (χ0) is 35.3. The molecule has 5 aromatic carbocycles. The van der Waals surface area contributed by atoms with Gasteiger partial charge in [0, 0.05) is 33.6 Å². The maximum atomic E-state index is 14.8. The quantitative estimate of drug-likeness (QED) is 0.0996. The Balaban J connectivity index is 1.68. The second-order valence-corrected chi connectivity index (χ2v) is 14.7. The van der Waals surface area contributed by atoms with Crippen LogP contribution in [0.15, 0.2) is 27.3 Å². The number of Topliss-reactive ketones (excluding diaryl/α,β-unsaturated/α-hetero) is 1. The number of fused-ring (bicyclic) bond motifs is 1. The van der Waals surface area contributed by atoms with Gasteiger partial charge >= 0.3 is 0 Å². The summed E-state index contributed by atoms with van der Waals surface area (Å²) in [6, 6.07) is 2.89. The number of allylic oxidation sites excluding steroid dienone is 1. The van der Waals surface area contributed by atoms with E-state index in [1.54, 1.807) is 6.07 Å². The van der Waals surface area contributed by atoms with Crippen LogP contribution in [0.1, 0.15) is 86.1 Å². The van der Waals surface area contributed by atoms with E-state index in [4.69, 9.17) is 4.74 Å². The number of benzene rings is 5. The van der Waals surface area contributed by atoms with Crippen molar-refractivity contribution in [3.63, 3.8) is 0 Å². The van der Waals surface area contributed by atoms with Gasteiger partial charge in [-0.3, -0.25) is 14.4 Å². The van der Waals surface area contributed by atoms with Crippen LogP contribution in [0.25, 0.3) is 49.2 Å². The van der Waals surface area contributed by atoms with Crippen LogP contribution in [0.3, 0.4) is 0 Å². The number of anilines is 1. The molecule has 10 heteroatoms. The predicted octanol–water partition coefficient (Wildman–Crippen LogP) is 4.71. The third-order valence-corrected chi connectivity index (χ3v) is 11.7. The summed E-state index contributed by atoms with van der Waals surface area (Å²) in [5.74, 6) is -1.27. The van der Waals surface area contributed by atoms with Crippen LogP contribution in [0.4, 0.5) is 5.69 Å². The maximum absolute atomic E-state index is 14.8. The van der Waals surface area contributed by atoms with Gasteiger partial charge < -0.3 is 35.6 Å². The molecular weight excluding hydrogens is 638 g/mol. The van der Waals surface area contributed by atoms with Crippen molar-refractivity contribution < 1.29 is 35.1 Å². The average Bonchev–Trinajstić information content (AvgIpc) is 3.65. The van der Waals surface area contributed by atoms with E-state index >= 15 is 0 Å². The number of phenols is 1. The first kappa shape index (κ1) is 32.8. The third kappa shape index (κ3) is 4.58. The van der Waals surface area contributed by atoms with Crippen molar-refractivity contribution in [3.05, 3.63) is 66.0 Å². The minimum absolute atomic E-state index is 0.00342. The van der Waals surface area contributed by atoms with E-state index in [0.29, 0.717) is 104 Å². The molecule has 5 unspecified atom stereocenters. The Labute approximate surface area is 287 Å². The molecule has 0 amide bonds. The fourth-order valence-electron chi connectivity index (χ4n) is 9.66. The Morgan fingerprint density at radius 2 is 1.52 bits per heavy atom. The first-order valence-electron chi connectivity index (χ1n) is 17.5. The molecule has 3 aliphatic carbocycles. The molecule has 5 atom stereocenters. The van der Waals surface area contributed by atoms with E-state index in [1.165, 1.54) is 20.1 Å². The van der Waals surface area contributed by atoms with Crippen molar-refractivity contribution in [3.8, 4) is 11.5 Å². The summed E-state index contributed by atoms with van der Waals surface area (Å²) < 4.78 is 5.93. The van der Waals surface area contributed by atoms with Gasteiger partial charge in [0.1, 0.15) is 11.5 Å². The molecule has 0 radical (unpaired) electrons. The topological polar surface area (TPSA) is 174 Å². The van der Waals surface area contributed by atoms with Gasteiger partial charge in [0.05, 0.1) is 49.2 Å². The summed E-state index contributed by atoms with van der Waals surface area (Å²) in [6.07, 6.45) is 5.00. The number of hydrogen-bond donors (Lipinski definition) is 6. The number of aliphatic hydroxyl groups is 4. The Bertz CT molecular complexity index is 2400. The second-order valence-electron chi connectivity index (χ2n) is 14.7. The summed E-state index contributed by atoms with van der Waals surface area (Å²) in [4.78, 5) is 42.6. The molecule has 10 nitrogen and oxygen atoms in total. The molecule has 2 saturated carbocycles. The molecule has 2 fully saturated rings. The molecule has 0 spiro atoms. The Morgan fingerprint density at radius 3 is 2.12 bits per heavy atom. The van der Waals surface area contributed by atoms with E-state index in [9.17, 15) is 39.9 Å². The predicted molar refractivity (Wildman–Crippen MR) is 193 cm³/mol. The number of nitrogens with one attached hydrogen (secondary N) is 1. The molecule has 0 heterocycles. The Hall–Kier alpha value is -4.35. The highest BCUT2D eigenvalue weighted by atomic mass is 16.5. The normalized spacial score (nSPS) is 23.5. The van der Waals surface area contributed by atoms with Crippen LogP contribution in [0.5, 0.6) is 11.5 Å². The standard InChI is InChI=1S/C40H41NO9/c1-16-8-24-25(10-18-4-6-22(45)9-18)38(48)33-27(47)12-20(15-43)30-29-19(14-42)11-26(41-21-5-7-23(46)13-21)32-35(29)36(31(24)34(30)33)37(28(16)17(2)44)40(50-3)39(32)49/h8,11-12,18,21-23,28,41-43,45-46,48H,4-7,9-10,13-15H2,1-3H3. The highest BCUT2D eigenvalue weighted by molar-refractivity contribution is 6.39. The zero-order valence-electron chi connectivity index (χ0n) is 28.4. The molecule has 8 rings (SSSR count). The first-order chi connectivity index (χ1) is 24.0. The van der Waals surface area contributed by atoms with Gasteiger partial charge in [0.25, 0.3) is 0 Å². The maximum Gasteiger partial charge on any atom is 0.230 e. The minimum Gasteiger partial charge on any atom is -0.507 e. The fourth-order valence-corrected chi connectivity index (χ4v) is 9.66. The Kier molecular flexibility index (Phi) is 7.80. The summed E-state index contributed by atoms with van der Waals surface area (Å²) in [5.41, 5.74) is 2.39. The van der Waals surface area contributed by atoms with Gasteiger partial charge in [-0.25, -0.2) is 0 Å². The molecule has 50 heavy (non-hydrogen) atoms. The number of carbonyl (C=O) groups excluding carboxylic acids is 1. The van der Waals surface area contributed by atoms with Crippen molar-refractivity contribution >= 4 is 60.6 Å². The summed E-state index contributed by atoms with van der Waals surface area (Å²) >= 11 is 0. The van der Waals surface area contributed by atoms with Crippen LogP contribution < -0.4 is 20.9 Å². The lowest BCUT2D eigenvalue weighted by Crippen LogP contribution is -2.21. The van der Waals surface area contributed by atoms with E-state index in [-0.39, 0.29) is 45.6 Å². The second kappa shape index (κ2) is 11.9. The highest BCUT2D eigenvalue weighted by Crippen LogP contribution is 2.54. The zero-order valence-corrected chi connectivity index (χ0v) is 28.4. The lowest BCUT2D eigenvalue weighted by Gasteiger charge is -2.27. The number of rotatable bonds is 8. The van der Waals surface area contributed by atoms with Crippen LogP contribution >= 0.6 is 0 Å². The average molecular weight is 680 g/mol. The molecule has 0 bridgehead atoms. The number of methoxy groups -OCH3 is 1. The first-order valence-corrected chi connectivity index (χ1v) is 17.5. The number of phenolic OH excluding ortho intramolecular Hbond substituents is 1. The van der Waals surface area contributed by atoms with Crippen molar-refractivity contribution in [2.45, 2.75) is 96.2 Å². The van der Waals surface area contributed by atoms with E-state index in [2.05, 4.69) is 5.32 Å². The summed E-state index contributed by atoms with van der Waals surface area (Å²) in [6.45, 7) is 2.32. The molecule has 0 aromatic heterocycles. The minimum atomic E-state index is -0.899. The van der Waals surface area contributed by atoms with Crippen molar-refractivity contribution in [2.75, 3.05) is 12.4 Å². The van der Waals surface area contributed by atoms with E-state index in [0.717, 1.165) is 6.42 Å².